The Morgan fingerprint density at radius 3 is 2.81 bits per heavy atom. The third-order valence-corrected chi connectivity index (χ3v) is 5.91. The van der Waals surface area contributed by atoms with Crippen molar-refractivity contribution >= 4 is 16.8 Å². The number of para-hydroxylation sites is 2. The number of amides is 1. The van der Waals surface area contributed by atoms with Gasteiger partial charge >= 0.3 is 0 Å². The van der Waals surface area contributed by atoms with Gasteiger partial charge in [0, 0.05) is 31.2 Å². The van der Waals surface area contributed by atoms with Gasteiger partial charge < -0.3 is 14.8 Å². The Kier molecular flexibility index (Phi) is 6.67. The standard InChI is InChI=1S/C25H29N3O3/c1-30-22-12-4-11-21(24(22)31-2)25(29)27-15-18-7-6-14-28(16-18)17-20-9-3-8-19-10-5-13-26-23(19)20/h3-5,8-13,18H,6-7,14-17H2,1-2H3,(H,27,29). The van der Waals surface area contributed by atoms with Gasteiger partial charge in [-0.15, -0.1) is 0 Å². The molecule has 1 amide bonds. The number of fused-ring (bicyclic) bond motifs is 1. The molecule has 2 aromatic carbocycles. The smallest absolute Gasteiger partial charge is 0.255 e. The highest BCUT2D eigenvalue weighted by Gasteiger charge is 2.22. The zero-order chi connectivity index (χ0) is 21.6. The largest absolute Gasteiger partial charge is 0.493 e. The summed E-state index contributed by atoms with van der Waals surface area (Å²) in [6.07, 6.45) is 4.09. The van der Waals surface area contributed by atoms with E-state index in [1.54, 1.807) is 32.4 Å². The first-order chi connectivity index (χ1) is 15.2. The van der Waals surface area contributed by atoms with Crippen molar-refractivity contribution in [1.29, 1.82) is 0 Å². The summed E-state index contributed by atoms with van der Waals surface area (Å²) < 4.78 is 10.7. The molecule has 0 saturated carbocycles. The molecule has 1 aliphatic heterocycles. The van der Waals surface area contributed by atoms with E-state index in [0.717, 1.165) is 38.0 Å². The number of aromatic nitrogens is 1. The van der Waals surface area contributed by atoms with E-state index in [9.17, 15) is 4.79 Å². The molecule has 1 unspecified atom stereocenters. The summed E-state index contributed by atoms with van der Waals surface area (Å²) in [5.41, 5.74) is 2.82. The predicted octanol–water partition coefficient (Wildman–Crippen LogP) is 3.89. The number of carbonyl (C=O) groups excluding carboxylic acids is 1. The molecule has 31 heavy (non-hydrogen) atoms. The van der Waals surface area contributed by atoms with Crippen LogP contribution in [0.1, 0.15) is 28.8 Å². The molecule has 0 aliphatic carbocycles. The lowest BCUT2D eigenvalue weighted by atomic mass is 9.97. The van der Waals surface area contributed by atoms with Crippen LogP contribution < -0.4 is 14.8 Å². The molecule has 162 valence electrons. The van der Waals surface area contributed by atoms with Crippen LogP contribution in [0.15, 0.2) is 54.7 Å². The Morgan fingerprint density at radius 2 is 1.97 bits per heavy atom. The van der Waals surface area contributed by atoms with E-state index in [-0.39, 0.29) is 5.91 Å². The van der Waals surface area contributed by atoms with Crippen molar-refractivity contribution in [2.24, 2.45) is 5.92 Å². The Bertz CT molecular complexity index is 1050. The van der Waals surface area contributed by atoms with E-state index < -0.39 is 0 Å². The van der Waals surface area contributed by atoms with Gasteiger partial charge in [-0.1, -0.05) is 30.3 Å². The van der Waals surface area contributed by atoms with Crippen molar-refractivity contribution < 1.29 is 14.3 Å². The van der Waals surface area contributed by atoms with Crippen molar-refractivity contribution in [3.8, 4) is 11.5 Å². The Hall–Kier alpha value is -3.12. The second-order valence-corrected chi connectivity index (χ2v) is 7.99. The van der Waals surface area contributed by atoms with Gasteiger partial charge in [0.2, 0.25) is 0 Å². The van der Waals surface area contributed by atoms with E-state index in [0.29, 0.717) is 29.5 Å². The molecular weight excluding hydrogens is 390 g/mol. The fourth-order valence-corrected chi connectivity index (χ4v) is 4.40. The van der Waals surface area contributed by atoms with Crippen molar-refractivity contribution in [3.63, 3.8) is 0 Å². The minimum absolute atomic E-state index is 0.133. The Balaban J connectivity index is 1.38. The van der Waals surface area contributed by atoms with Gasteiger partial charge in [-0.05, 0) is 49.1 Å². The minimum Gasteiger partial charge on any atom is -0.493 e. The van der Waals surface area contributed by atoms with Crippen molar-refractivity contribution in [1.82, 2.24) is 15.2 Å². The highest BCUT2D eigenvalue weighted by Crippen LogP contribution is 2.30. The summed E-state index contributed by atoms with van der Waals surface area (Å²) in [5.74, 6) is 1.31. The number of nitrogens with zero attached hydrogens (tertiary/aromatic N) is 2. The number of piperidine rings is 1. The summed E-state index contributed by atoms with van der Waals surface area (Å²) in [4.78, 5) is 19.8. The molecule has 1 fully saturated rings. The number of ether oxygens (including phenoxy) is 2. The molecule has 1 saturated heterocycles. The maximum Gasteiger partial charge on any atom is 0.255 e. The predicted molar refractivity (Wildman–Crippen MR) is 122 cm³/mol. The fraction of sp³-hybridized carbons (Fsp3) is 0.360. The van der Waals surface area contributed by atoms with E-state index in [1.165, 1.54) is 10.9 Å². The fourth-order valence-electron chi connectivity index (χ4n) is 4.40. The first-order valence-corrected chi connectivity index (χ1v) is 10.7. The zero-order valence-corrected chi connectivity index (χ0v) is 18.1. The molecule has 0 spiro atoms. The molecule has 6 nitrogen and oxygen atoms in total. The monoisotopic (exact) mass is 419 g/mol. The highest BCUT2D eigenvalue weighted by atomic mass is 16.5. The van der Waals surface area contributed by atoms with Gasteiger partial charge in [0.25, 0.3) is 5.91 Å². The zero-order valence-electron chi connectivity index (χ0n) is 18.1. The second-order valence-electron chi connectivity index (χ2n) is 7.99. The first kappa shape index (κ1) is 21.1. The van der Waals surface area contributed by atoms with E-state index in [1.807, 2.05) is 12.3 Å². The van der Waals surface area contributed by atoms with Crippen LogP contribution >= 0.6 is 0 Å². The van der Waals surface area contributed by atoms with Crippen LogP contribution in [0.4, 0.5) is 0 Å². The van der Waals surface area contributed by atoms with Crippen LogP contribution in [0.5, 0.6) is 11.5 Å². The maximum absolute atomic E-state index is 12.8. The van der Waals surface area contributed by atoms with Crippen LogP contribution in [0.2, 0.25) is 0 Å². The maximum atomic E-state index is 12.8. The molecule has 1 N–H and O–H groups in total. The lowest BCUT2D eigenvalue weighted by Gasteiger charge is -2.33. The van der Waals surface area contributed by atoms with E-state index in [2.05, 4.69) is 39.5 Å². The second kappa shape index (κ2) is 9.79. The van der Waals surface area contributed by atoms with Gasteiger partial charge in [-0.25, -0.2) is 0 Å². The van der Waals surface area contributed by atoms with Crippen LogP contribution in [-0.2, 0) is 6.54 Å². The van der Waals surface area contributed by atoms with E-state index >= 15 is 0 Å². The molecule has 1 aliphatic rings. The number of hydrogen-bond acceptors (Lipinski definition) is 5. The number of likely N-dealkylation sites (tertiary alicyclic amines) is 1. The van der Waals surface area contributed by atoms with Crippen molar-refractivity contribution in [2.45, 2.75) is 19.4 Å². The van der Waals surface area contributed by atoms with Gasteiger partial charge in [-0.3, -0.25) is 14.7 Å². The van der Waals surface area contributed by atoms with Gasteiger partial charge in [0.1, 0.15) is 0 Å². The summed E-state index contributed by atoms with van der Waals surface area (Å²) in [7, 11) is 3.12. The molecular formula is C25H29N3O3. The quantitative estimate of drug-likeness (QED) is 0.629. The minimum atomic E-state index is -0.133. The number of hydrogen-bond donors (Lipinski definition) is 1. The number of benzene rings is 2. The number of rotatable bonds is 7. The van der Waals surface area contributed by atoms with Crippen molar-refractivity contribution in [2.75, 3.05) is 33.9 Å². The first-order valence-electron chi connectivity index (χ1n) is 10.7. The van der Waals surface area contributed by atoms with Gasteiger partial charge in [0.15, 0.2) is 11.5 Å². The average molecular weight is 420 g/mol. The lowest BCUT2D eigenvalue weighted by molar-refractivity contribution is 0.0927. The number of methoxy groups -OCH3 is 2. The summed E-state index contributed by atoms with van der Waals surface area (Å²) >= 11 is 0. The third-order valence-electron chi connectivity index (χ3n) is 5.91. The third kappa shape index (κ3) is 4.80. The van der Waals surface area contributed by atoms with Crippen molar-refractivity contribution in [3.05, 3.63) is 65.9 Å². The summed E-state index contributed by atoms with van der Waals surface area (Å²) in [6.45, 7) is 3.54. The summed E-state index contributed by atoms with van der Waals surface area (Å²) in [5, 5.41) is 4.27. The van der Waals surface area contributed by atoms with Crippen LogP contribution in [-0.4, -0.2) is 49.6 Å². The molecule has 4 rings (SSSR count). The average Bonchev–Trinajstić information content (AvgIpc) is 2.82. The molecule has 3 aromatic rings. The van der Waals surface area contributed by atoms with Gasteiger partial charge in [0.05, 0.1) is 25.3 Å². The Morgan fingerprint density at radius 1 is 1.13 bits per heavy atom. The molecule has 2 heterocycles. The van der Waals surface area contributed by atoms with Crippen LogP contribution in [0.3, 0.4) is 0 Å². The number of nitrogens with one attached hydrogen (secondary N) is 1. The topological polar surface area (TPSA) is 63.7 Å². The molecule has 6 heteroatoms. The van der Waals surface area contributed by atoms with Crippen LogP contribution in [0.25, 0.3) is 10.9 Å². The molecule has 0 bridgehead atoms. The molecule has 1 aromatic heterocycles. The normalized spacial score (nSPS) is 16.8. The van der Waals surface area contributed by atoms with Crippen LogP contribution in [0, 0.1) is 5.92 Å². The van der Waals surface area contributed by atoms with Gasteiger partial charge in [-0.2, -0.15) is 0 Å². The highest BCUT2D eigenvalue weighted by molar-refractivity contribution is 5.97. The number of carbonyl (C=O) groups is 1. The lowest BCUT2D eigenvalue weighted by Crippen LogP contribution is -2.40. The molecule has 1 atom stereocenters. The summed E-state index contributed by atoms with van der Waals surface area (Å²) in [6, 6.07) is 15.8. The number of pyridine rings is 1. The Labute approximate surface area is 183 Å². The van der Waals surface area contributed by atoms with E-state index in [4.69, 9.17) is 9.47 Å². The molecule has 0 radical (unpaired) electrons. The SMILES string of the molecule is COc1cccc(C(=O)NCC2CCCN(Cc3cccc4cccnc34)C2)c1OC.